The molecule has 0 aliphatic carbocycles. The monoisotopic (exact) mass is 376 g/mol. The van der Waals surface area contributed by atoms with Crippen LogP contribution in [0.3, 0.4) is 0 Å². The van der Waals surface area contributed by atoms with Crippen LogP contribution >= 0.6 is 11.6 Å². The minimum absolute atomic E-state index is 0.416. The lowest BCUT2D eigenvalue weighted by Crippen LogP contribution is -2.27. The summed E-state index contributed by atoms with van der Waals surface area (Å²) in [6.45, 7) is 2.46. The maximum absolute atomic E-state index is 6.11. The standard InChI is InChI=1S/C22H21ClN4/c1-2-15-27-22(18-3-5-19(23)6-4-18)20(16-7-11-24-12-8-16)21(26-27)17-9-13-25-14-10-17/h1,3-8,11-12,17,25H,9-10,13-15H2. The average Bonchev–Trinajstić information content (AvgIpc) is 3.09. The third-order valence-corrected chi connectivity index (χ3v) is 5.29. The fraction of sp³-hybridized carbons (Fsp3) is 0.273. The summed E-state index contributed by atoms with van der Waals surface area (Å²) in [5.74, 6) is 3.17. The van der Waals surface area contributed by atoms with Gasteiger partial charge in [0.05, 0.1) is 11.4 Å². The van der Waals surface area contributed by atoms with Gasteiger partial charge in [-0.05, 0) is 55.8 Å². The highest BCUT2D eigenvalue weighted by molar-refractivity contribution is 6.30. The Hall–Kier alpha value is -2.61. The number of pyridine rings is 1. The Bertz CT molecular complexity index is 948. The molecule has 0 bridgehead atoms. The van der Waals surface area contributed by atoms with Crippen molar-refractivity contribution in [3.8, 4) is 34.7 Å². The molecule has 27 heavy (non-hydrogen) atoms. The Morgan fingerprint density at radius 1 is 1.07 bits per heavy atom. The number of nitrogens with zero attached hydrogens (tertiary/aromatic N) is 3. The summed E-state index contributed by atoms with van der Waals surface area (Å²) < 4.78 is 1.95. The zero-order valence-electron chi connectivity index (χ0n) is 15.0. The van der Waals surface area contributed by atoms with Crippen LogP contribution in [0.25, 0.3) is 22.4 Å². The van der Waals surface area contributed by atoms with E-state index in [0.717, 1.165) is 54.0 Å². The van der Waals surface area contributed by atoms with E-state index in [4.69, 9.17) is 23.1 Å². The van der Waals surface area contributed by atoms with Crippen LogP contribution in [-0.2, 0) is 6.54 Å². The molecule has 1 aliphatic rings. The van der Waals surface area contributed by atoms with Crippen LogP contribution in [0.5, 0.6) is 0 Å². The van der Waals surface area contributed by atoms with E-state index in [9.17, 15) is 0 Å². The van der Waals surface area contributed by atoms with Gasteiger partial charge in [0.1, 0.15) is 6.54 Å². The Labute approximate surface area is 164 Å². The van der Waals surface area contributed by atoms with Crippen LogP contribution in [0.1, 0.15) is 24.5 Å². The summed E-state index contributed by atoms with van der Waals surface area (Å²) in [4.78, 5) is 4.18. The van der Waals surface area contributed by atoms with Crippen molar-refractivity contribution in [1.29, 1.82) is 0 Å². The van der Waals surface area contributed by atoms with Crippen molar-refractivity contribution in [1.82, 2.24) is 20.1 Å². The van der Waals surface area contributed by atoms with E-state index in [1.54, 1.807) is 0 Å². The molecule has 0 spiro atoms. The SMILES string of the molecule is C#CCn1nc(C2CCNCC2)c(-c2ccncc2)c1-c1ccc(Cl)cc1. The van der Waals surface area contributed by atoms with E-state index in [0.29, 0.717) is 17.5 Å². The number of nitrogens with one attached hydrogen (secondary N) is 1. The number of rotatable bonds is 4. The summed E-state index contributed by atoms with van der Waals surface area (Å²) in [5.41, 5.74) is 5.51. The van der Waals surface area contributed by atoms with Crippen molar-refractivity contribution in [3.63, 3.8) is 0 Å². The van der Waals surface area contributed by atoms with Crippen LogP contribution < -0.4 is 5.32 Å². The van der Waals surface area contributed by atoms with Gasteiger partial charge in [0.25, 0.3) is 0 Å². The van der Waals surface area contributed by atoms with Crippen molar-refractivity contribution in [2.24, 2.45) is 0 Å². The molecule has 2 aromatic heterocycles. The molecule has 1 saturated heterocycles. The minimum Gasteiger partial charge on any atom is -0.317 e. The molecule has 4 rings (SSSR count). The number of aromatic nitrogens is 3. The molecule has 0 radical (unpaired) electrons. The number of piperidine rings is 1. The first-order valence-corrected chi connectivity index (χ1v) is 9.57. The quantitative estimate of drug-likeness (QED) is 0.688. The summed E-state index contributed by atoms with van der Waals surface area (Å²) in [7, 11) is 0. The lowest BCUT2D eigenvalue weighted by atomic mass is 9.88. The molecular weight excluding hydrogens is 356 g/mol. The van der Waals surface area contributed by atoms with Crippen LogP contribution in [0, 0.1) is 12.3 Å². The highest BCUT2D eigenvalue weighted by Crippen LogP contribution is 2.40. The second kappa shape index (κ2) is 7.96. The number of hydrogen-bond acceptors (Lipinski definition) is 3. The normalized spacial score (nSPS) is 14.8. The molecule has 0 saturated carbocycles. The molecule has 5 heteroatoms. The molecule has 1 fully saturated rings. The fourth-order valence-electron chi connectivity index (χ4n) is 3.77. The smallest absolute Gasteiger partial charge is 0.102 e. The van der Waals surface area contributed by atoms with Gasteiger partial charge in [-0.2, -0.15) is 5.10 Å². The lowest BCUT2D eigenvalue weighted by Gasteiger charge is -2.22. The van der Waals surface area contributed by atoms with Gasteiger partial charge in [-0.15, -0.1) is 6.42 Å². The molecule has 4 nitrogen and oxygen atoms in total. The first kappa shape index (κ1) is 17.8. The zero-order chi connectivity index (χ0) is 18.6. The zero-order valence-corrected chi connectivity index (χ0v) is 15.8. The van der Waals surface area contributed by atoms with Crippen LogP contribution in [0.2, 0.25) is 5.02 Å². The van der Waals surface area contributed by atoms with E-state index in [-0.39, 0.29) is 0 Å². The minimum atomic E-state index is 0.416. The second-order valence-electron chi connectivity index (χ2n) is 6.74. The number of terminal acetylenes is 1. The molecule has 0 amide bonds. The average molecular weight is 377 g/mol. The molecular formula is C22H21ClN4. The predicted octanol–water partition coefficient (Wildman–Crippen LogP) is 4.37. The largest absolute Gasteiger partial charge is 0.317 e. The van der Waals surface area contributed by atoms with Gasteiger partial charge in [0, 0.05) is 34.5 Å². The third-order valence-electron chi connectivity index (χ3n) is 5.03. The highest BCUT2D eigenvalue weighted by atomic mass is 35.5. The van der Waals surface area contributed by atoms with Crippen molar-refractivity contribution in [2.45, 2.75) is 25.3 Å². The Morgan fingerprint density at radius 3 is 2.44 bits per heavy atom. The van der Waals surface area contributed by atoms with Gasteiger partial charge < -0.3 is 5.32 Å². The fourth-order valence-corrected chi connectivity index (χ4v) is 3.89. The maximum Gasteiger partial charge on any atom is 0.102 e. The Balaban J connectivity index is 1.95. The molecule has 3 aromatic rings. The summed E-state index contributed by atoms with van der Waals surface area (Å²) in [6.07, 6.45) is 11.5. The topological polar surface area (TPSA) is 42.7 Å². The summed E-state index contributed by atoms with van der Waals surface area (Å²) in [6, 6.07) is 12.0. The number of benzene rings is 1. The number of halogens is 1. The molecule has 0 unspecified atom stereocenters. The van der Waals surface area contributed by atoms with Gasteiger partial charge in [0.15, 0.2) is 0 Å². The van der Waals surface area contributed by atoms with Gasteiger partial charge in [-0.25, -0.2) is 0 Å². The van der Waals surface area contributed by atoms with Gasteiger partial charge in [0.2, 0.25) is 0 Å². The molecule has 1 aromatic carbocycles. The maximum atomic E-state index is 6.11. The first-order valence-electron chi connectivity index (χ1n) is 9.19. The molecule has 3 heterocycles. The molecule has 136 valence electrons. The second-order valence-corrected chi connectivity index (χ2v) is 7.17. The van der Waals surface area contributed by atoms with Crippen LogP contribution in [-0.4, -0.2) is 27.9 Å². The lowest BCUT2D eigenvalue weighted by molar-refractivity contribution is 0.450. The van der Waals surface area contributed by atoms with E-state index in [2.05, 4.69) is 16.2 Å². The van der Waals surface area contributed by atoms with E-state index >= 15 is 0 Å². The van der Waals surface area contributed by atoms with E-state index in [1.165, 1.54) is 0 Å². The van der Waals surface area contributed by atoms with Crippen molar-refractivity contribution >= 4 is 11.6 Å². The van der Waals surface area contributed by atoms with E-state index in [1.807, 2.05) is 53.5 Å². The molecule has 1 N–H and O–H groups in total. The predicted molar refractivity (Wildman–Crippen MR) is 110 cm³/mol. The van der Waals surface area contributed by atoms with Gasteiger partial charge >= 0.3 is 0 Å². The van der Waals surface area contributed by atoms with E-state index < -0.39 is 0 Å². The molecule has 0 atom stereocenters. The third kappa shape index (κ3) is 3.62. The van der Waals surface area contributed by atoms with Crippen LogP contribution in [0.4, 0.5) is 0 Å². The summed E-state index contributed by atoms with van der Waals surface area (Å²) in [5, 5.41) is 9.14. The van der Waals surface area contributed by atoms with Gasteiger partial charge in [-0.3, -0.25) is 9.67 Å². The van der Waals surface area contributed by atoms with Gasteiger partial charge in [-0.1, -0.05) is 29.7 Å². The number of hydrogen-bond donors (Lipinski definition) is 1. The highest BCUT2D eigenvalue weighted by Gasteiger charge is 2.27. The van der Waals surface area contributed by atoms with Crippen molar-refractivity contribution in [3.05, 3.63) is 59.5 Å². The Kier molecular flexibility index (Phi) is 5.24. The van der Waals surface area contributed by atoms with Crippen molar-refractivity contribution < 1.29 is 0 Å². The molecule has 1 aliphatic heterocycles. The van der Waals surface area contributed by atoms with Crippen LogP contribution in [0.15, 0.2) is 48.8 Å². The summed E-state index contributed by atoms with van der Waals surface area (Å²) >= 11 is 6.11. The van der Waals surface area contributed by atoms with Crippen molar-refractivity contribution in [2.75, 3.05) is 13.1 Å². The first-order chi connectivity index (χ1) is 13.3. The Morgan fingerprint density at radius 2 is 1.78 bits per heavy atom.